The van der Waals surface area contributed by atoms with E-state index in [1.165, 1.54) is 51.4 Å². The molecule has 0 radical (unpaired) electrons. The average molecular weight is 567 g/mol. The van der Waals surface area contributed by atoms with Crippen LogP contribution in [0.4, 0.5) is 5.69 Å². The Balaban J connectivity index is 1.80. The molecule has 7 heteroatoms. The van der Waals surface area contributed by atoms with E-state index in [9.17, 15) is 14.1 Å². The summed E-state index contributed by atoms with van der Waals surface area (Å²) in [5.41, 5.74) is 0.694. The van der Waals surface area contributed by atoms with Gasteiger partial charge in [-0.05, 0) is 31.0 Å². The van der Waals surface area contributed by atoms with Gasteiger partial charge in [-0.25, -0.2) is 0 Å². The summed E-state index contributed by atoms with van der Waals surface area (Å²) in [5.74, 6) is 0.233. The molecule has 0 spiro atoms. The largest absolute Gasteiger partial charge is 0.506 e. The van der Waals surface area contributed by atoms with Crippen molar-refractivity contribution in [3.8, 4) is 11.5 Å². The molecule has 0 aliphatic rings. The first-order valence-corrected chi connectivity index (χ1v) is 16.1. The van der Waals surface area contributed by atoms with Crippen LogP contribution in [0.1, 0.15) is 101 Å². The van der Waals surface area contributed by atoms with Gasteiger partial charge in [-0.3, -0.25) is 9.52 Å². The van der Waals surface area contributed by atoms with Gasteiger partial charge in [0.15, 0.2) is 0 Å². The minimum absolute atomic E-state index is 0.0446. The van der Waals surface area contributed by atoms with Crippen LogP contribution in [0.3, 0.4) is 0 Å². The lowest BCUT2D eigenvalue weighted by molar-refractivity contribution is 0.0746. The van der Waals surface area contributed by atoms with Crippen LogP contribution < -0.4 is 8.91 Å². The first-order valence-electron chi connectivity index (χ1n) is 15.0. The van der Waals surface area contributed by atoms with Gasteiger partial charge in [-0.1, -0.05) is 121 Å². The number of amides is 1. The predicted molar refractivity (Wildman–Crippen MR) is 167 cm³/mol. The number of rotatable bonds is 19. The van der Waals surface area contributed by atoms with E-state index in [0.29, 0.717) is 35.3 Å². The quantitative estimate of drug-likeness (QED) is 0.112. The summed E-state index contributed by atoms with van der Waals surface area (Å²) in [5, 5.41) is 12.4. The Bertz CT molecular complexity index is 1190. The Kier molecular flexibility index (Phi) is 13.8. The van der Waals surface area contributed by atoms with E-state index >= 15 is 0 Å². The highest BCUT2D eigenvalue weighted by molar-refractivity contribution is 7.82. The van der Waals surface area contributed by atoms with Crippen molar-refractivity contribution < 1.29 is 18.3 Å². The summed E-state index contributed by atoms with van der Waals surface area (Å²) < 4.78 is 21.3. The monoisotopic (exact) mass is 566 g/mol. The number of benzene rings is 3. The molecule has 0 aromatic heterocycles. The van der Waals surface area contributed by atoms with Gasteiger partial charge in [-0.15, -0.1) is 0 Å². The summed E-state index contributed by atoms with van der Waals surface area (Å²) in [6, 6.07) is 17.8. The zero-order chi connectivity index (χ0) is 28.6. The van der Waals surface area contributed by atoms with Crippen LogP contribution in [0.15, 0.2) is 60.7 Å². The third-order valence-electron chi connectivity index (χ3n) is 7.21. The van der Waals surface area contributed by atoms with Gasteiger partial charge in [0.25, 0.3) is 5.91 Å². The van der Waals surface area contributed by atoms with Crippen LogP contribution in [0, 0.1) is 0 Å². The number of unbranched alkanes of at least 4 members (excludes halogenated alkanes) is 10. The second-order valence-corrected chi connectivity index (χ2v) is 11.3. The average Bonchev–Trinajstić information content (AvgIpc) is 2.97. The highest BCUT2D eigenvalue weighted by Gasteiger charge is 2.23. The van der Waals surface area contributed by atoms with Gasteiger partial charge >= 0.3 is 11.3 Å². The van der Waals surface area contributed by atoms with E-state index in [0.717, 1.165) is 25.7 Å². The number of hydrogen-bond acceptors (Lipinski definition) is 4. The zero-order valence-electron chi connectivity index (χ0n) is 24.2. The van der Waals surface area contributed by atoms with E-state index in [1.54, 1.807) is 24.3 Å². The fraction of sp³-hybridized carbons (Fsp3) is 0.485. The number of nitrogens with zero attached hydrogens (tertiary/aromatic N) is 1. The fourth-order valence-corrected chi connectivity index (χ4v) is 5.61. The van der Waals surface area contributed by atoms with E-state index in [1.807, 2.05) is 41.3 Å². The predicted octanol–water partition coefficient (Wildman–Crippen LogP) is 8.78. The van der Waals surface area contributed by atoms with Crippen molar-refractivity contribution in [3.05, 3.63) is 66.2 Å². The third kappa shape index (κ3) is 9.84. The molecule has 6 nitrogen and oxygen atoms in total. The van der Waals surface area contributed by atoms with Crippen molar-refractivity contribution in [2.45, 2.75) is 90.9 Å². The topological polar surface area (TPSA) is 78.9 Å². The van der Waals surface area contributed by atoms with E-state index in [-0.39, 0.29) is 17.2 Å². The van der Waals surface area contributed by atoms with Crippen molar-refractivity contribution in [1.29, 1.82) is 0 Å². The van der Waals surface area contributed by atoms with Crippen LogP contribution in [-0.4, -0.2) is 33.2 Å². The number of para-hydroxylation sites is 1. The molecule has 0 aliphatic carbocycles. The maximum Gasteiger partial charge on any atom is 0.316 e. The molecule has 0 saturated carbocycles. The first kappa shape index (κ1) is 31.5. The van der Waals surface area contributed by atoms with Crippen molar-refractivity contribution in [2.75, 3.05) is 17.8 Å². The molecular weight excluding hydrogens is 520 g/mol. The maximum absolute atomic E-state index is 13.9. The number of nitrogens with one attached hydrogen (secondary N) is 1. The lowest BCUT2D eigenvalue weighted by Crippen LogP contribution is -2.33. The third-order valence-corrected chi connectivity index (χ3v) is 7.94. The lowest BCUT2D eigenvalue weighted by Gasteiger charge is -2.24. The van der Waals surface area contributed by atoms with Gasteiger partial charge in [0.2, 0.25) is 0 Å². The number of anilines is 1. The van der Waals surface area contributed by atoms with Gasteiger partial charge in [0.1, 0.15) is 11.5 Å². The second kappa shape index (κ2) is 17.6. The Hall–Kier alpha value is -3.06. The molecule has 0 fully saturated rings. The summed E-state index contributed by atoms with van der Waals surface area (Å²) in [6.45, 7) is 5.75. The molecule has 0 aliphatic heterocycles. The minimum Gasteiger partial charge on any atom is -0.506 e. The number of carbonyl (C=O) groups is 1. The molecule has 1 unspecified atom stereocenters. The second-order valence-electron chi connectivity index (χ2n) is 10.4. The molecule has 3 aromatic carbocycles. The van der Waals surface area contributed by atoms with Gasteiger partial charge in [-0.2, -0.15) is 4.21 Å². The zero-order valence-corrected chi connectivity index (χ0v) is 25.0. The number of aromatic hydroxyl groups is 1. The number of carbonyl (C=O) groups excluding carboxylic acids is 1. The fourth-order valence-electron chi connectivity index (χ4n) is 4.93. The maximum atomic E-state index is 13.9. The van der Waals surface area contributed by atoms with Crippen molar-refractivity contribution >= 4 is 33.6 Å². The molecule has 0 heterocycles. The van der Waals surface area contributed by atoms with Crippen molar-refractivity contribution in [2.24, 2.45) is 0 Å². The highest BCUT2D eigenvalue weighted by Crippen LogP contribution is 2.36. The van der Waals surface area contributed by atoms with E-state index in [4.69, 9.17) is 4.18 Å². The highest BCUT2D eigenvalue weighted by atomic mass is 32.2. The number of fused-ring (bicyclic) bond motifs is 1. The first-order chi connectivity index (χ1) is 19.5. The summed E-state index contributed by atoms with van der Waals surface area (Å²) in [7, 11) is 0. The van der Waals surface area contributed by atoms with E-state index in [2.05, 4.69) is 18.6 Å². The molecule has 218 valence electrons. The number of phenolic OH excluding ortho intramolecular Hbond substituents is 1. The van der Waals surface area contributed by atoms with E-state index < -0.39 is 11.3 Å². The molecule has 1 atom stereocenters. The number of phenols is 1. The van der Waals surface area contributed by atoms with Gasteiger partial charge in [0.05, 0.1) is 11.3 Å². The van der Waals surface area contributed by atoms with Crippen LogP contribution in [0.25, 0.3) is 10.8 Å². The smallest absolute Gasteiger partial charge is 0.316 e. The Morgan fingerprint density at radius 1 is 0.775 bits per heavy atom. The van der Waals surface area contributed by atoms with Crippen molar-refractivity contribution in [1.82, 2.24) is 4.90 Å². The van der Waals surface area contributed by atoms with Crippen LogP contribution in [-0.2, 0) is 11.3 Å². The van der Waals surface area contributed by atoms with Crippen LogP contribution in [0.2, 0.25) is 0 Å². The molecule has 3 rings (SSSR count). The molecule has 0 saturated heterocycles. The Morgan fingerprint density at radius 3 is 1.90 bits per heavy atom. The molecule has 1 amide bonds. The SMILES string of the molecule is CCCCCCCCN(CCCCCCCC)C(=O)c1cc(NS(=O)Oc2ccccc2)c2ccccc2c1O. The molecule has 3 aromatic rings. The number of hydrogen-bond donors (Lipinski definition) is 2. The standard InChI is InChI=1S/C33H46N2O4S/c1-3-5-7-9-11-18-24-35(25-19-12-10-8-6-4-2)33(37)30-26-31(28-22-16-17-23-29(28)32(30)36)34-40(38)39-27-20-14-13-15-21-27/h13-17,20-23,26,34,36H,3-12,18-19,24-25H2,1-2H3. The van der Waals surface area contributed by atoms with Gasteiger partial charge < -0.3 is 14.2 Å². The molecule has 0 bridgehead atoms. The minimum atomic E-state index is -1.89. The van der Waals surface area contributed by atoms with Crippen LogP contribution >= 0.6 is 0 Å². The normalized spacial score (nSPS) is 11.8. The summed E-state index contributed by atoms with van der Waals surface area (Å²) in [6.07, 6.45) is 13.8. The molecule has 40 heavy (non-hydrogen) atoms. The lowest BCUT2D eigenvalue weighted by atomic mass is 10.0. The Morgan fingerprint density at radius 2 is 1.30 bits per heavy atom. The molecule has 2 N–H and O–H groups in total. The summed E-state index contributed by atoms with van der Waals surface area (Å²) >= 11 is -1.89. The van der Waals surface area contributed by atoms with Crippen LogP contribution in [0.5, 0.6) is 11.5 Å². The summed E-state index contributed by atoms with van der Waals surface area (Å²) in [4.78, 5) is 15.8. The van der Waals surface area contributed by atoms with Gasteiger partial charge in [0, 0.05) is 23.9 Å². The Labute approximate surface area is 242 Å². The molecular formula is C33H46N2O4S. The van der Waals surface area contributed by atoms with Crippen molar-refractivity contribution in [3.63, 3.8) is 0 Å².